The minimum absolute atomic E-state index is 0.0642. The largest absolute Gasteiger partial charge is 0.322 e. The van der Waals surface area contributed by atoms with Crippen LogP contribution in [-0.4, -0.2) is 29.3 Å². The van der Waals surface area contributed by atoms with Gasteiger partial charge in [0.1, 0.15) is 5.52 Å². The van der Waals surface area contributed by atoms with Crippen molar-refractivity contribution >= 4 is 32.7 Å². The molecule has 4 rings (SSSR count). The van der Waals surface area contributed by atoms with Crippen molar-refractivity contribution in [2.75, 3.05) is 5.32 Å². The number of sulfonamides is 1. The molecular weight excluding hydrogens is 390 g/mol. The molecule has 4 aromatic rings. The van der Waals surface area contributed by atoms with Gasteiger partial charge in [-0.3, -0.25) is 4.79 Å². The number of amides is 1. The Morgan fingerprint density at radius 1 is 1.00 bits per heavy atom. The molecule has 29 heavy (non-hydrogen) atoms. The van der Waals surface area contributed by atoms with Crippen LogP contribution in [-0.2, 0) is 16.6 Å². The lowest BCUT2D eigenvalue weighted by Crippen LogP contribution is -2.15. The number of nitrogens with two attached hydrogens (primary N) is 1. The molecule has 0 aliphatic carbocycles. The maximum absolute atomic E-state index is 12.5. The highest BCUT2D eigenvalue weighted by atomic mass is 32.2. The van der Waals surface area contributed by atoms with Crippen LogP contribution in [0, 0.1) is 0 Å². The molecule has 0 aliphatic rings. The van der Waals surface area contributed by atoms with Gasteiger partial charge in [-0.05, 0) is 48.0 Å². The molecule has 0 fully saturated rings. The summed E-state index contributed by atoms with van der Waals surface area (Å²) < 4.78 is 24.7. The first kappa shape index (κ1) is 18.8. The van der Waals surface area contributed by atoms with Crippen molar-refractivity contribution in [1.82, 2.24) is 15.0 Å². The summed E-state index contributed by atoms with van der Waals surface area (Å²) in [6.45, 7) is 0.527. The summed E-state index contributed by atoms with van der Waals surface area (Å²) in [6.07, 6.45) is 0. The van der Waals surface area contributed by atoms with Crippen LogP contribution in [0.25, 0.3) is 11.0 Å². The normalized spacial score (nSPS) is 11.5. The molecule has 3 aromatic carbocycles. The third kappa shape index (κ3) is 4.15. The zero-order valence-corrected chi connectivity index (χ0v) is 16.0. The third-order valence-electron chi connectivity index (χ3n) is 4.39. The highest BCUT2D eigenvalue weighted by molar-refractivity contribution is 7.89. The minimum atomic E-state index is -3.84. The van der Waals surface area contributed by atoms with Crippen molar-refractivity contribution in [3.63, 3.8) is 0 Å². The summed E-state index contributed by atoms with van der Waals surface area (Å²) >= 11 is 0. The second kappa shape index (κ2) is 7.46. The van der Waals surface area contributed by atoms with E-state index in [4.69, 9.17) is 5.14 Å². The molecule has 1 heterocycles. The second-order valence-corrected chi connectivity index (χ2v) is 8.02. The van der Waals surface area contributed by atoms with E-state index in [1.807, 2.05) is 36.4 Å². The number of para-hydroxylation sites is 1. The monoisotopic (exact) mass is 407 g/mol. The van der Waals surface area contributed by atoms with Gasteiger partial charge in [-0.25, -0.2) is 18.2 Å². The summed E-state index contributed by atoms with van der Waals surface area (Å²) in [5.74, 6) is -0.352. The Morgan fingerprint density at radius 2 is 1.76 bits per heavy atom. The van der Waals surface area contributed by atoms with E-state index in [9.17, 15) is 13.2 Å². The van der Waals surface area contributed by atoms with Crippen LogP contribution in [0.15, 0.2) is 77.7 Å². The summed E-state index contributed by atoms with van der Waals surface area (Å²) in [7, 11) is -3.84. The van der Waals surface area contributed by atoms with Gasteiger partial charge in [0, 0.05) is 11.3 Å². The third-order valence-corrected chi connectivity index (χ3v) is 5.30. The van der Waals surface area contributed by atoms with E-state index in [1.54, 1.807) is 22.9 Å². The molecule has 146 valence electrons. The molecule has 0 unspecified atom stereocenters. The van der Waals surface area contributed by atoms with Crippen molar-refractivity contribution in [3.05, 3.63) is 83.9 Å². The van der Waals surface area contributed by atoms with Crippen LogP contribution >= 0.6 is 0 Å². The van der Waals surface area contributed by atoms with Gasteiger partial charge in [-0.2, -0.15) is 0 Å². The van der Waals surface area contributed by atoms with Crippen molar-refractivity contribution in [2.45, 2.75) is 11.4 Å². The molecule has 8 nitrogen and oxygen atoms in total. The Labute approximate surface area is 167 Å². The number of carbonyl (C=O) groups is 1. The Hall–Kier alpha value is -3.56. The van der Waals surface area contributed by atoms with Gasteiger partial charge in [0.25, 0.3) is 5.91 Å². The quantitative estimate of drug-likeness (QED) is 0.526. The number of rotatable bonds is 5. The Kier molecular flexibility index (Phi) is 4.83. The van der Waals surface area contributed by atoms with Gasteiger partial charge in [0.05, 0.1) is 17.0 Å². The van der Waals surface area contributed by atoms with E-state index in [1.165, 1.54) is 18.2 Å². The molecule has 0 atom stereocenters. The predicted octanol–water partition coefficient (Wildman–Crippen LogP) is 2.38. The van der Waals surface area contributed by atoms with E-state index in [2.05, 4.69) is 15.6 Å². The zero-order chi connectivity index (χ0) is 20.4. The smallest absolute Gasteiger partial charge is 0.255 e. The first-order valence-corrected chi connectivity index (χ1v) is 10.3. The molecule has 0 spiro atoms. The molecule has 0 radical (unpaired) electrons. The van der Waals surface area contributed by atoms with Gasteiger partial charge in [-0.1, -0.05) is 35.5 Å². The number of hydrogen-bond donors (Lipinski definition) is 2. The van der Waals surface area contributed by atoms with Crippen LogP contribution in [0.1, 0.15) is 15.9 Å². The van der Waals surface area contributed by atoms with Crippen molar-refractivity contribution < 1.29 is 13.2 Å². The van der Waals surface area contributed by atoms with Gasteiger partial charge >= 0.3 is 0 Å². The van der Waals surface area contributed by atoms with Crippen LogP contribution in [0.3, 0.4) is 0 Å². The summed E-state index contributed by atoms with van der Waals surface area (Å²) in [5.41, 5.74) is 3.51. The fraction of sp³-hybridized carbons (Fsp3) is 0.0500. The summed E-state index contributed by atoms with van der Waals surface area (Å²) in [4.78, 5) is 12.4. The molecule has 0 saturated heterocycles. The molecule has 1 amide bonds. The van der Waals surface area contributed by atoms with Crippen molar-refractivity contribution in [3.8, 4) is 0 Å². The van der Waals surface area contributed by atoms with Gasteiger partial charge in [0.2, 0.25) is 10.0 Å². The number of carbonyl (C=O) groups excluding carboxylic acids is 1. The zero-order valence-electron chi connectivity index (χ0n) is 15.2. The van der Waals surface area contributed by atoms with Crippen molar-refractivity contribution in [2.24, 2.45) is 5.14 Å². The summed E-state index contributed by atoms with van der Waals surface area (Å²) in [5, 5.41) is 16.1. The standard InChI is InChI=1S/C20H17N5O3S/c21-29(27,28)17-5-3-4-16(12-17)22-20(26)15-10-8-14(9-11-15)13-25-19-7-2-1-6-18(19)23-24-25/h1-12H,13H2,(H,22,26)(H2,21,27,28). The Morgan fingerprint density at radius 3 is 2.52 bits per heavy atom. The van der Waals surface area contributed by atoms with E-state index in [0.29, 0.717) is 17.8 Å². The minimum Gasteiger partial charge on any atom is -0.322 e. The fourth-order valence-corrected chi connectivity index (χ4v) is 3.48. The average molecular weight is 407 g/mol. The lowest BCUT2D eigenvalue weighted by atomic mass is 10.1. The fourth-order valence-electron chi connectivity index (χ4n) is 2.92. The second-order valence-electron chi connectivity index (χ2n) is 6.46. The molecule has 0 aliphatic heterocycles. The van der Waals surface area contributed by atoms with Gasteiger partial charge < -0.3 is 5.32 Å². The Balaban J connectivity index is 1.48. The predicted molar refractivity (Wildman–Crippen MR) is 109 cm³/mol. The molecular formula is C20H17N5O3S. The number of anilines is 1. The SMILES string of the molecule is NS(=O)(=O)c1cccc(NC(=O)c2ccc(Cn3nnc4ccccc43)cc2)c1. The number of aromatic nitrogens is 3. The Bertz CT molecular complexity index is 1300. The molecule has 0 saturated carbocycles. The van der Waals surface area contributed by atoms with Crippen LogP contribution in [0.4, 0.5) is 5.69 Å². The first-order chi connectivity index (χ1) is 13.9. The molecule has 1 aromatic heterocycles. The van der Waals surface area contributed by atoms with Gasteiger partial charge in [0.15, 0.2) is 0 Å². The van der Waals surface area contributed by atoms with E-state index < -0.39 is 10.0 Å². The van der Waals surface area contributed by atoms with Gasteiger partial charge in [-0.15, -0.1) is 5.10 Å². The van der Waals surface area contributed by atoms with Crippen molar-refractivity contribution in [1.29, 1.82) is 0 Å². The maximum Gasteiger partial charge on any atom is 0.255 e. The van der Waals surface area contributed by atoms with Crippen LogP contribution in [0.5, 0.6) is 0 Å². The number of hydrogen-bond acceptors (Lipinski definition) is 5. The van der Waals surface area contributed by atoms with E-state index in [0.717, 1.165) is 16.6 Å². The molecule has 3 N–H and O–H groups in total. The summed E-state index contributed by atoms with van der Waals surface area (Å²) in [6, 6.07) is 20.6. The topological polar surface area (TPSA) is 120 Å². The lowest BCUT2D eigenvalue weighted by Gasteiger charge is -2.08. The van der Waals surface area contributed by atoms with E-state index >= 15 is 0 Å². The number of nitrogens with one attached hydrogen (secondary N) is 1. The average Bonchev–Trinajstić information content (AvgIpc) is 3.11. The number of fused-ring (bicyclic) bond motifs is 1. The number of nitrogens with zero attached hydrogens (tertiary/aromatic N) is 3. The highest BCUT2D eigenvalue weighted by Crippen LogP contribution is 2.16. The first-order valence-electron chi connectivity index (χ1n) is 8.71. The number of benzene rings is 3. The van der Waals surface area contributed by atoms with Crippen LogP contribution in [0.2, 0.25) is 0 Å². The lowest BCUT2D eigenvalue weighted by molar-refractivity contribution is 0.102. The van der Waals surface area contributed by atoms with E-state index in [-0.39, 0.29) is 10.8 Å². The van der Waals surface area contributed by atoms with Crippen LogP contribution < -0.4 is 10.5 Å². The maximum atomic E-state index is 12.5. The molecule has 9 heteroatoms. The molecule has 0 bridgehead atoms. The number of primary sulfonamides is 1. The highest BCUT2D eigenvalue weighted by Gasteiger charge is 2.11.